The number of halogens is 1. The number of nitrogens with zero attached hydrogens (tertiary/aromatic N) is 3. The number of para-hydroxylation sites is 1. The Labute approximate surface area is 250 Å². The van der Waals surface area contributed by atoms with Crippen molar-refractivity contribution < 1.29 is 9.59 Å². The maximum Gasteiger partial charge on any atom is 0.265 e. The lowest BCUT2D eigenvalue weighted by atomic mass is 10.1. The van der Waals surface area contributed by atoms with Gasteiger partial charge in [-0.3, -0.25) is 9.59 Å². The third kappa shape index (κ3) is 5.90. The van der Waals surface area contributed by atoms with Crippen LogP contribution in [0.2, 0.25) is 5.02 Å². The van der Waals surface area contributed by atoms with Crippen LogP contribution in [-0.2, 0) is 11.3 Å². The molecule has 2 amide bonds. The van der Waals surface area contributed by atoms with Crippen molar-refractivity contribution in [3.05, 3.63) is 129 Å². The van der Waals surface area contributed by atoms with Crippen molar-refractivity contribution in [2.45, 2.75) is 18.4 Å². The SMILES string of the molecule is Cc1ccccc1CN1C(=O)/C(=C\c2ccc(C(=O)N3CCN(c4ccc(Cl)cc4)CC3)cc2)Sc2ccccc21. The van der Waals surface area contributed by atoms with Gasteiger partial charge in [0.1, 0.15) is 0 Å². The zero-order valence-corrected chi connectivity index (χ0v) is 24.4. The predicted molar refractivity (Wildman–Crippen MR) is 169 cm³/mol. The lowest BCUT2D eigenvalue weighted by Gasteiger charge is -2.36. The van der Waals surface area contributed by atoms with Crippen molar-refractivity contribution in [2.75, 3.05) is 36.0 Å². The number of carbonyl (C=O) groups is 2. The van der Waals surface area contributed by atoms with Crippen LogP contribution in [0.1, 0.15) is 27.0 Å². The number of piperazine rings is 1. The summed E-state index contributed by atoms with van der Waals surface area (Å²) in [5, 5.41) is 0.720. The van der Waals surface area contributed by atoms with Crippen LogP contribution in [0.5, 0.6) is 0 Å². The van der Waals surface area contributed by atoms with Crippen molar-refractivity contribution in [2.24, 2.45) is 0 Å². The van der Waals surface area contributed by atoms with Gasteiger partial charge in [-0.05, 0) is 78.2 Å². The molecule has 2 aliphatic heterocycles. The van der Waals surface area contributed by atoms with Gasteiger partial charge in [-0.2, -0.15) is 0 Å². The van der Waals surface area contributed by atoms with Crippen LogP contribution in [0.15, 0.2) is 107 Å². The van der Waals surface area contributed by atoms with E-state index in [4.69, 9.17) is 11.6 Å². The van der Waals surface area contributed by atoms with Gasteiger partial charge in [0.2, 0.25) is 0 Å². The highest BCUT2D eigenvalue weighted by atomic mass is 35.5. The minimum absolute atomic E-state index is 0.0179. The smallest absolute Gasteiger partial charge is 0.265 e. The first-order valence-electron chi connectivity index (χ1n) is 13.7. The van der Waals surface area contributed by atoms with E-state index in [0.29, 0.717) is 30.1 Å². The summed E-state index contributed by atoms with van der Waals surface area (Å²) in [6.07, 6.45) is 1.92. The Kier molecular flexibility index (Phi) is 7.86. The Bertz CT molecular complexity index is 1610. The topological polar surface area (TPSA) is 43.9 Å². The number of hydrogen-bond donors (Lipinski definition) is 0. The number of amides is 2. The Morgan fingerprint density at radius 3 is 2.27 bits per heavy atom. The summed E-state index contributed by atoms with van der Waals surface area (Å²) in [5.74, 6) is 0.0112. The number of benzene rings is 4. The summed E-state index contributed by atoms with van der Waals surface area (Å²) < 4.78 is 0. The van der Waals surface area contributed by atoms with Crippen LogP contribution >= 0.6 is 23.4 Å². The van der Waals surface area contributed by atoms with Gasteiger partial charge in [-0.25, -0.2) is 0 Å². The van der Waals surface area contributed by atoms with Gasteiger partial charge in [0, 0.05) is 47.3 Å². The molecule has 41 heavy (non-hydrogen) atoms. The molecule has 0 spiro atoms. The molecule has 0 aromatic heterocycles. The number of anilines is 2. The number of hydrogen-bond acceptors (Lipinski definition) is 4. The van der Waals surface area contributed by atoms with Crippen LogP contribution in [-0.4, -0.2) is 42.9 Å². The first-order valence-corrected chi connectivity index (χ1v) is 14.9. The van der Waals surface area contributed by atoms with Crippen molar-refractivity contribution in [3.8, 4) is 0 Å². The van der Waals surface area contributed by atoms with Crippen molar-refractivity contribution in [1.29, 1.82) is 0 Å². The molecule has 1 fully saturated rings. The zero-order chi connectivity index (χ0) is 28.3. The zero-order valence-electron chi connectivity index (χ0n) is 22.8. The lowest BCUT2D eigenvalue weighted by Crippen LogP contribution is -2.48. The Hall–Kier alpha value is -4.00. The molecule has 0 unspecified atom stereocenters. The standard InChI is InChI=1S/C34H30ClN3O2S/c1-24-6-2-3-7-27(24)23-38-30-8-4-5-9-31(30)41-32(34(38)40)22-25-10-12-26(13-11-25)33(39)37-20-18-36(19-21-37)29-16-14-28(35)15-17-29/h2-17,22H,18-21,23H2,1H3/b32-22+. The van der Waals surface area contributed by atoms with E-state index in [1.165, 1.54) is 11.8 Å². The summed E-state index contributed by atoms with van der Waals surface area (Å²) in [6, 6.07) is 31.6. The van der Waals surface area contributed by atoms with Crippen molar-refractivity contribution in [1.82, 2.24) is 4.90 Å². The van der Waals surface area contributed by atoms with Crippen molar-refractivity contribution >= 4 is 52.6 Å². The second kappa shape index (κ2) is 11.9. The van der Waals surface area contributed by atoms with Crippen LogP contribution < -0.4 is 9.80 Å². The van der Waals surface area contributed by atoms with E-state index in [2.05, 4.69) is 30.0 Å². The third-order valence-electron chi connectivity index (χ3n) is 7.64. The molecule has 4 aromatic rings. The molecular formula is C34H30ClN3O2S. The van der Waals surface area contributed by atoms with E-state index >= 15 is 0 Å². The number of aryl methyl sites for hydroxylation is 1. The van der Waals surface area contributed by atoms with Crippen LogP contribution in [0.25, 0.3) is 6.08 Å². The molecule has 0 saturated carbocycles. The Morgan fingerprint density at radius 2 is 1.54 bits per heavy atom. The minimum Gasteiger partial charge on any atom is -0.368 e. The highest BCUT2D eigenvalue weighted by Gasteiger charge is 2.29. The average Bonchev–Trinajstić information content (AvgIpc) is 3.01. The quantitative estimate of drug-likeness (QED) is 0.233. The second-order valence-corrected chi connectivity index (χ2v) is 11.8. The molecule has 0 radical (unpaired) electrons. The van der Waals surface area contributed by atoms with Gasteiger partial charge in [0.25, 0.3) is 11.8 Å². The molecule has 0 aliphatic carbocycles. The highest BCUT2D eigenvalue weighted by Crippen LogP contribution is 2.42. The fraction of sp³-hybridized carbons (Fsp3) is 0.176. The first-order chi connectivity index (χ1) is 20.0. The molecule has 4 aromatic carbocycles. The maximum atomic E-state index is 13.7. The van der Waals surface area contributed by atoms with E-state index in [1.54, 1.807) is 0 Å². The van der Waals surface area contributed by atoms with E-state index < -0.39 is 0 Å². The van der Waals surface area contributed by atoms with E-state index in [9.17, 15) is 9.59 Å². The fourth-order valence-electron chi connectivity index (χ4n) is 5.25. The van der Waals surface area contributed by atoms with Crippen LogP contribution in [0.4, 0.5) is 11.4 Å². The lowest BCUT2D eigenvalue weighted by molar-refractivity contribution is -0.114. The van der Waals surface area contributed by atoms with E-state index in [-0.39, 0.29) is 11.8 Å². The molecule has 1 saturated heterocycles. The predicted octanol–water partition coefficient (Wildman–Crippen LogP) is 7.29. The van der Waals surface area contributed by atoms with Gasteiger partial charge < -0.3 is 14.7 Å². The summed E-state index contributed by atoms with van der Waals surface area (Å²) in [4.78, 5) is 34.7. The van der Waals surface area contributed by atoms with Gasteiger partial charge in [0.15, 0.2) is 0 Å². The summed E-state index contributed by atoms with van der Waals surface area (Å²) in [5.41, 5.74) is 5.88. The number of thioether (sulfide) groups is 1. The molecule has 2 aliphatic rings. The highest BCUT2D eigenvalue weighted by molar-refractivity contribution is 8.04. The first kappa shape index (κ1) is 27.2. The molecule has 206 valence electrons. The molecular weight excluding hydrogens is 550 g/mol. The van der Waals surface area contributed by atoms with E-state index in [1.807, 2.05) is 94.7 Å². The molecule has 5 nitrogen and oxygen atoms in total. The summed E-state index contributed by atoms with van der Waals surface area (Å²) >= 11 is 7.52. The van der Waals surface area contributed by atoms with Gasteiger partial charge in [-0.15, -0.1) is 0 Å². The summed E-state index contributed by atoms with van der Waals surface area (Å²) in [7, 11) is 0. The molecule has 0 atom stereocenters. The molecule has 0 bridgehead atoms. The monoisotopic (exact) mass is 579 g/mol. The maximum absolute atomic E-state index is 13.7. The Morgan fingerprint density at radius 1 is 0.854 bits per heavy atom. The van der Waals surface area contributed by atoms with E-state index in [0.717, 1.165) is 51.1 Å². The molecule has 2 heterocycles. The second-order valence-electron chi connectivity index (χ2n) is 10.3. The van der Waals surface area contributed by atoms with Crippen LogP contribution in [0, 0.1) is 6.92 Å². The summed E-state index contributed by atoms with van der Waals surface area (Å²) in [6.45, 7) is 5.46. The number of carbonyl (C=O) groups excluding carboxylic acids is 2. The van der Waals surface area contributed by atoms with Gasteiger partial charge in [-0.1, -0.05) is 71.9 Å². The fourth-order valence-corrected chi connectivity index (χ4v) is 6.44. The normalized spacial score (nSPS) is 16.2. The third-order valence-corrected chi connectivity index (χ3v) is 8.97. The molecule has 7 heteroatoms. The van der Waals surface area contributed by atoms with Gasteiger partial charge >= 0.3 is 0 Å². The Balaban J connectivity index is 1.16. The van der Waals surface area contributed by atoms with Crippen LogP contribution in [0.3, 0.4) is 0 Å². The van der Waals surface area contributed by atoms with Gasteiger partial charge in [0.05, 0.1) is 17.1 Å². The van der Waals surface area contributed by atoms with Crippen molar-refractivity contribution in [3.63, 3.8) is 0 Å². The molecule has 0 N–H and O–H groups in total. The minimum atomic E-state index is -0.0179. The molecule has 6 rings (SSSR count). The largest absolute Gasteiger partial charge is 0.368 e. The average molecular weight is 580 g/mol. The number of fused-ring (bicyclic) bond motifs is 1. The number of rotatable bonds is 5.